The number of aryl methyl sites for hydroxylation is 2. The first-order valence-electron chi connectivity index (χ1n) is 8.05. The van der Waals surface area contributed by atoms with Gasteiger partial charge in [-0.25, -0.2) is 4.39 Å². The highest BCUT2D eigenvalue weighted by molar-refractivity contribution is 5.77. The van der Waals surface area contributed by atoms with E-state index in [9.17, 15) is 14.3 Å². The number of amides is 1. The molecule has 1 amide bonds. The Bertz CT molecular complexity index is 701. The quantitative estimate of drug-likeness (QED) is 0.907. The van der Waals surface area contributed by atoms with Crippen molar-refractivity contribution in [3.63, 3.8) is 0 Å². The molecule has 0 radical (unpaired) electrons. The largest absolute Gasteiger partial charge is 0.391 e. The zero-order chi connectivity index (χ0) is 17.1. The number of aliphatic hydroxyl groups excluding tert-OH is 1. The fraction of sp³-hybridized carbons (Fsp3) is 0.471. The van der Waals surface area contributed by atoms with Gasteiger partial charge in [0.1, 0.15) is 5.82 Å². The van der Waals surface area contributed by atoms with Crippen LogP contribution in [0.5, 0.6) is 0 Å². The standard InChI is InChI=1S/C17H20FN3O3/c1-11-19-16(24-20-11)3-2-4-17(23)21-10-14(22)9-15(21)12-5-7-13(18)8-6-12/h5-8,14-15,22H,2-4,9-10H2,1H3/t14-,15-/m1/s1. The molecule has 2 atom stereocenters. The number of nitrogens with zero attached hydrogens (tertiary/aromatic N) is 3. The summed E-state index contributed by atoms with van der Waals surface area (Å²) in [6, 6.07) is 5.87. The second-order valence-corrected chi connectivity index (χ2v) is 6.09. The summed E-state index contributed by atoms with van der Waals surface area (Å²) in [7, 11) is 0. The van der Waals surface area contributed by atoms with Crippen LogP contribution in [0.25, 0.3) is 0 Å². The van der Waals surface area contributed by atoms with Crippen molar-refractivity contribution in [2.75, 3.05) is 6.54 Å². The molecule has 0 bridgehead atoms. The Balaban J connectivity index is 1.60. The van der Waals surface area contributed by atoms with Gasteiger partial charge in [0.25, 0.3) is 0 Å². The van der Waals surface area contributed by atoms with Crippen molar-refractivity contribution in [2.45, 2.75) is 44.8 Å². The highest BCUT2D eigenvalue weighted by atomic mass is 19.1. The predicted octanol–water partition coefficient (Wildman–Crippen LogP) is 2.17. The van der Waals surface area contributed by atoms with Crippen molar-refractivity contribution in [1.29, 1.82) is 0 Å². The van der Waals surface area contributed by atoms with Gasteiger partial charge in [-0.15, -0.1) is 0 Å². The van der Waals surface area contributed by atoms with Gasteiger partial charge in [0.2, 0.25) is 11.8 Å². The zero-order valence-electron chi connectivity index (χ0n) is 13.5. The lowest BCUT2D eigenvalue weighted by Gasteiger charge is -2.24. The fourth-order valence-electron chi connectivity index (χ4n) is 3.07. The van der Waals surface area contributed by atoms with Crippen molar-refractivity contribution in [3.8, 4) is 0 Å². The molecule has 24 heavy (non-hydrogen) atoms. The highest BCUT2D eigenvalue weighted by Gasteiger charge is 2.34. The Morgan fingerprint density at radius 3 is 2.83 bits per heavy atom. The lowest BCUT2D eigenvalue weighted by molar-refractivity contribution is -0.132. The minimum atomic E-state index is -0.553. The summed E-state index contributed by atoms with van der Waals surface area (Å²) < 4.78 is 18.1. The van der Waals surface area contributed by atoms with E-state index in [4.69, 9.17) is 4.52 Å². The fourth-order valence-corrected chi connectivity index (χ4v) is 3.07. The van der Waals surface area contributed by atoms with Crippen LogP contribution in [0, 0.1) is 12.7 Å². The predicted molar refractivity (Wildman–Crippen MR) is 83.5 cm³/mol. The molecular weight excluding hydrogens is 313 g/mol. The summed E-state index contributed by atoms with van der Waals surface area (Å²) in [5.41, 5.74) is 0.842. The Morgan fingerprint density at radius 1 is 1.42 bits per heavy atom. The lowest BCUT2D eigenvalue weighted by atomic mass is 10.0. The molecular formula is C17H20FN3O3. The van der Waals surface area contributed by atoms with Gasteiger partial charge >= 0.3 is 0 Å². The molecule has 128 valence electrons. The number of rotatable bonds is 5. The number of aliphatic hydroxyl groups is 1. The number of halogens is 1. The first kappa shape index (κ1) is 16.6. The van der Waals surface area contributed by atoms with E-state index in [1.54, 1.807) is 24.0 Å². The Hall–Kier alpha value is -2.28. The molecule has 1 aliphatic rings. The number of carbonyl (C=O) groups is 1. The molecule has 0 unspecified atom stereocenters. The van der Waals surface area contributed by atoms with Gasteiger partial charge in [-0.05, 0) is 37.5 Å². The summed E-state index contributed by atoms with van der Waals surface area (Å²) in [5.74, 6) is 0.759. The third-order valence-corrected chi connectivity index (χ3v) is 4.21. The normalized spacial score (nSPS) is 20.5. The van der Waals surface area contributed by atoms with E-state index in [1.807, 2.05) is 0 Å². The number of hydrogen-bond donors (Lipinski definition) is 1. The Labute approximate surface area is 139 Å². The first-order valence-corrected chi connectivity index (χ1v) is 8.05. The smallest absolute Gasteiger partial charge is 0.226 e. The second-order valence-electron chi connectivity index (χ2n) is 6.09. The molecule has 2 heterocycles. The molecule has 1 N–H and O–H groups in total. The summed E-state index contributed by atoms with van der Waals surface area (Å²) >= 11 is 0. The first-order chi connectivity index (χ1) is 11.5. The van der Waals surface area contributed by atoms with E-state index in [0.717, 1.165) is 5.56 Å². The summed E-state index contributed by atoms with van der Waals surface area (Å²) in [5, 5.41) is 13.7. The molecule has 3 rings (SSSR count). The summed E-state index contributed by atoms with van der Waals surface area (Å²) in [4.78, 5) is 18.3. The average Bonchev–Trinajstić information content (AvgIpc) is 3.14. The molecule has 0 aliphatic carbocycles. The number of benzene rings is 1. The molecule has 6 nitrogen and oxygen atoms in total. The summed E-state index contributed by atoms with van der Waals surface area (Å²) in [6.45, 7) is 2.05. The van der Waals surface area contributed by atoms with Crippen LogP contribution in [0.15, 0.2) is 28.8 Å². The number of β-amino-alcohol motifs (C(OH)–C–C–N with tert-alkyl or cyclic N) is 1. The van der Waals surface area contributed by atoms with Crippen LogP contribution in [0.1, 0.15) is 42.6 Å². The van der Waals surface area contributed by atoms with Gasteiger partial charge in [-0.2, -0.15) is 4.98 Å². The van der Waals surface area contributed by atoms with Crippen molar-refractivity contribution < 1.29 is 18.8 Å². The van der Waals surface area contributed by atoms with Crippen LogP contribution < -0.4 is 0 Å². The van der Waals surface area contributed by atoms with E-state index in [0.29, 0.717) is 43.9 Å². The molecule has 7 heteroatoms. The minimum absolute atomic E-state index is 0.0305. The molecule has 1 aromatic carbocycles. The van der Waals surface area contributed by atoms with E-state index < -0.39 is 6.10 Å². The molecule has 1 aliphatic heterocycles. The average molecular weight is 333 g/mol. The van der Waals surface area contributed by atoms with E-state index >= 15 is 0 Å². The van der Waals surface area contributed by atoms with Gasteiger partial charge in [-0.1, -0.05) is 17.3 Å². The zero-order valence-corrected chi connectivity index (χ0v) is 13.5. The highest BCUT2D eigenvalue weighted by Crippen LogP contribution is 2.33. The number of aromatic nitrogens is 2. The SMILES string of the molecule is Cc1noc(CCCC(=O)N2C[C@H](O)C[C@@H]2c2ccc(F)cc2)n1. The molecule has 1 fully saturated rings. The van der Waals surface area contributed by atoms with Gasteiger partial charge in [0, 0.05) is 19.4 Å². The molecule has 1 aromatic heterocycles. The maximum absolute atomic E-state index is 13.1. The van der Waals surface area contributed by atoms with Crippen molar-refractivity contribution in [1.82, 2.24) is 15.0 Å². The maximum atomic E-state index is 13.1. The van der Waals surface area contributed by atoms with E-state index in [2.05, 4.69) is 10.1 Å². The van der Waals surface area contributed by atoms with Crippen LogP contribution in [-0.2, 0) is 11.2 Å². The number of hydrogen-bond acceptors (Lipinski definition) is 5. The topological polar surface area (TPSA) is 79.5 Å². The van der Waals surface area contributed by atoms with Crippen LogP contribution in [-0.4, -0.2) is 38.7 Å². The van der Waals surface area contributed by atoms with E-state index in [1.165, 1.54) is 12.1 Å². The van der Waals surface area contributed by atoms with Crippen molar-refractivity contribution in [3.05, 3.63) is 47.4 Å². The summed E-state index contributed by atoms with van der Waals surface area (Å²) in [6.07, 6.45) is 1.40. The van der Waals surface area contributed by atoms with E-state index in [-0.39, 0.29) is 17.8 Å². The second kappa shape index (κ2) is 7.09. The van der Waals surface area contributed by atoms with Crippen molar-refractivity contribution in [2.24, 2.45) is 0 Å². The van der Waals surface area contributed by atoms with Crippen LogP contribution in [0.4, 0.5) is 4.39 Å². The maximum Gasteiger partial charge on any atom is 0.226 e. The Kier molecular flexibility index (Phi) is 4.89. The molecule has 0 spiro atoms. The van der Waals surface area contributed by atoms with Crippen LogP contribution >= 0.6 is 0 Å². The van der Waals surface area contributed by atoms with Crippen molar-refractivity contribution >= 4 is 5.91 Å². The number of carbonyl (C=O) groups excluding carboxylic acids is 1. The molecule has 1 saturated heterocycles. The van der Waals surface area contributed by atoms with Gasteiger partial charge in [-0.3, -0.25) is 4.79 Å². The third kappa shape index (κ3) is 3.79. The van der Waals surface area contributed by atoms with Gasteiger partial charge in [0.15, 0.2) is 5.82 Å². The van der Waals surface area contributed by atoms with Crippen LogP contribution in [0.3, 0.4) is 0 Å². The lowest BCUT2D eigenvalue weighted by Crippen LogP contribution is -2.31. The molecule has 2 aromatic rings. The number of likely N-dealkylation sites (tertiary alicyclic amines) is 1. The minimum Gasteiger partial charge on any atom is -0.391 e. The Morgan fingerprint density at radius 2 is 2.17 bits per heavy atom. The van der Waals surface area contributed by atoms with Gasteiger partial charge < -0.3 is 14.5 Å². The molecule has 0 saturated carbocycles. The van der Waals surface area contributed by atoms with Crippen LogP contribution in [0.2, 0.25) is 0 Å². The monoisotopic (exact) mass is 333 g/mol. The van der Waals surface area contributed by atoms with Gasteiger partial charge in [0.05, 0.1) is 12.1 Å². The third-order valence-electron chi connectivity index (χ3n) is 4.21.